The summed E-state index contributed by atoms with van der Waals surface area (Å²) in [6.45, 7) is 2.24. The number of carbonyl (C=O) groups is 2. The predicted octanol–water partition coefficient (Wildman–Crippen LogP) is 3.18. The molecule has 150 valence electrons. The number of rotatable bonds is 5. The van der Waals surface area contributed by atoms with Crippen molar-refractivity contribution in [3.05, 3.63) is 23.8 Å². The fourth-order valence-corrected chi connectivity index (χ4v) is 6.08. The Morgan fingerprint density at radius 2 is 1.75 bits per heavy atom. The Labute approximate surface area is 164 Å². The van der Waals surface area contributed by atoms with Crippen LogP contribution in [0.15, 0.2) is 18.2 Å². The van der Waals surface area contributed by atoms with Crippen molar-refractivity contribution < 1.29 is 23.8 Å². The third kappa shape index (κ3) is 3.12. The van der Waals surface area contributed by atoms with Crippen LogP contribution in [0.5, 0.6) is 11.5 Å². The summed E-state index contributed by atoms with van der Waals surface area (Å²) in [4.78, 5) is 25.4. The zero-order chi connectivity index (χ0) is 19.3. The number of ether oxygens (including phenoxy) is 3. The van der Waals surface area contributed by atoms with Gasteiger partial charge in [-0.15, -0.1) is 0 Å². The van der Waals surface area contributed by atoms with Crippen LogP contribution in [-0.4, -0.2) is 24.8 Å². The monoisotopic (exact) mass is 385 g/mol. The Kier molecular flexibility index (Phi) is 4.25. The minimum absolute atomic E-state index is 0.155. The first-order valence-corrected chi connectivity index (χ1v) is 10.4. The molecule has 4 aliphatic carbocycles. The van der Waals surface area contributed by atoms with Crippen LogP contribution in [0.3, 0.4) is 0 Å². The van der Waals surface area contributed by atoms with Gasteiger partial charge in [0.25, 0.3) is 5.91 Å². The van der Waals surface area contributed by atoms with Gasteiger partial charge < -0.3 is 19.5 Å². The molecule has 1 aromatic rings. The number of benzene rings is 1. The molecule has 4 bridgehead atoms. The van der Waals surface area contributed by atoms with Crippen molar-refractivity contribution in [2.75, 3.05) is 6.79 Å². The molecule has 6 rings (SSSR count). The number of fused-ring (bicyclic) bond motifs is 1. The molecule has 0 unspecified atom stereocenters. The first-order valence-electron chi connectivity index (χ1n) is 10.4. The van der Waals surface area contributed by atoms with E-state index < -0.39 is 6.10 Å². The fraction of sp³-hybridized carbons (Fsp3) is 0.636. The maximum Gasteiger partial charge on any atom is 0.312 e. The van der Waals surface area contributed by atoms with Gasteiger partial charge >= 0.3 is 5.97 Å². The molecular formula is C22H27NO5. The summed E-state index contributed by atoms with van der Waals surface area (Å²) in [5.74, 6) is 3.01. The lowest BCUT2D eigenvalue weighted by Gasteiger charge is -2.55. The second kappa shape index (κ2) is 6.68. The van der Waals surface area contributed by atoms with Crippen LogP contribution in [0.4, 0.5) is 0 Å². The molecule has 1 heterocycles. The van der Waals surface area contributed by atoms with E-state index in [9.17, 15) is 9.59 Å². The van der Waals surface area contributed by atoms with Crippen molar-refractivity contribution in [2.45, 2.75) is 58.1 Å². The van der Waals surface area contributed by atoms with E-state index in [1.165, 1.54) is 19.3 Å². The maximum absolute atomic E-state index is 13.0. The van der Waals surface area contributed by atoms with Crippen LogP contribution >= 0.6 is 0 Å². The standard InChI is InChI=1S/C22H27NO5/c1-13(20(24)23-11-14-2-3-18-19(7-14)27-12-26-18)28-21(25)22-8-15-4-16(9-22)6-17(5-15)10-22/h2-3,7,13,15-17H,4-6,8-12H2,1H3,(H,23,24)/t13-,15?,16?,17?,22?/m1/s1. The molecule has 1 N–H and O–H groups in total. The molecule has 4 fully saturated rings. The maximum atomic E-state index is 13.0. The average molecular weight is 385 g/mol. The summed E-state index contributed by atoms with van der Waals surface area (Å²) in [5, 5.41) is 2.86. The van der Waals surface area contributed by atoms with Gasteiger partial charge in [0.1, 0.15) is 0 Å². The van der Waals surface area contributed by atoms with Crippen molar-refractivity contribution in [1.29, 1.82) is 0 Å². The second-order valence-corrected chi connectivity index (χ2v) is 9.15. The van der Waals surface area contributed by atoms with E-state index in [0.29, 0.717) is 35.8 Å². The van der Waals surface area contributed by atoms with Crippen molar-refractivity contribution in [3.63, 3.8) is 0 Å². The Morgan fingerprint density at radius 3 is 2.43 bits per heavy atom. The lowest BCUT2D eigenvalue weighted by atomic mass is 9.49. The molecular weight excluding hydrogens is 358 g/mol. The molecule has 6 heteroatoms. The lowest BCUT2D eigenvalue weighted by Crippen LogP contribution is -2.51. The quantitative estimate of drug-likeness (QED) is 0.788. The Balaban J connectivity index is 1.17. The van der Waals surface area contributed by atoms with Crippen LogP contribution in [0.1, 0.15) is 51.0 Å². The Hall–Kier alpha value is -2.24. The van der Waals surface area contributed by atoms with Gasteiger partial charge in [0.05, 0.1) is 5.41 Å². The zero-order valence-electron chi connectivity index (χ0n) is 16.2. The molecule has 1 aliphatic heterocycles. The molecule has 5 aliphatic rings. The van der Waals surface area contributed by atoms with E-state index in [1.807, 2.05) is 18.2 Å². The number of carbonyl (C=O) groups excluding carboxylic acids is 2. The summed E-state index contributed by atoms with van der Waals surface area (Å²) < 4.78 is 16.3. The van der Waals surface area contributed by atoms with E-state index in [-0.39, 0.29) is 24.1 Å². The minimum atomic E-state index is -0.783. The van der Waals surface area contributed by atoms with E-state index in [2.05, 4.69) is 5.32 Å². The highest BCUT2D eigenvalue weighted by Crippen LogP contribution is 2.60. The lowest BCUT2D eigenvalue weighted by molar-refractivity contribution is -0.178. The molecule has 1 aromatic carbocycles. The van der Waals surface area contributed by atoms with Crippen LogP contribution in [0, 0.1) is 23.2 Å². The summed E-state index contributed by atoms with van der Waals surface area (Å²) in [6.07, 6.45) is 5.89. The van der Waals surface area contributed by atoms with Gasteiger partial charge in [0.15, 0.2) is 17.6 Å². The number of amides is 1. The molecule has 0 saturated heterocycles. The third-order valence-electron chi connectivity index (χ3n) is 7.03. The van der Waals surface area contributed by atoms with Gasteiger partial charge in [-0.05, 0) is 80.9 Å². The number of nitrogens with one attached hydrogen (secondary N) is 1. The SMILES string of the molecule is C[C@@H](OC(=O)C12CC3CC(CC(C3)C1)C2)C(=O)NCc1ccc2c(c1)OCO2. The highest BCUT2D eigenvalue weighted by molar-refractivity contribution is 5.85. The van der Waals surface area contributed by atoms with Crippen LogP contribution in [0.2, 0.25) is 0 Å². The van der Waals surface area contributed by atoms with Gasteiger partial charge in [0.2, 0.25) is 6.79 Å². The molecule has 28 heavy (non-hydrogen) atoms. The molecule has 0 aromatic heterocycles. The summed E-state index contributed by atoms with van der Waals surface area (Å²) in [6, 6.07) is 5.58. The Morgan fingerprint density at radius 1 is 1.11 bits per heavy atom. The highest BCUT2D eigenvalue weighted by atomic mass is 16.7. The van der Waals surface area contributed by atoms with E-state index in [1.54, 1.807) is 6.92 Å². The van der Waals surface area contributed by atoms with Gasteiger partial charge in [-0.25, -0.2) is 0 Å². The molecule has 1 atom stereocenters. The largest absolute Gasteiger partial charge is 0.454 e. The van der Waals surface area contributed by atoms with Crippen LogP contribution < -0.4 is 14.8 Å². The van der Waals surface area contributed by atoms with Crippen LogP contribution in [-0.2, 0) is 20.9 Å². The normalized spacial score (nSPS) is 32.8. The van der Waals surface area contributed by atoms with Crippen molar-refractivity contribution in [3.8, 4) is 11.5 Å². The third-order valence-corrected chi connectivity index (χ3v) is 7.03. The van der Waals surface area contributed by atoms with Gasteiger partial charge in [-0.1, -0.05) is 6.07 Å². The minimum Gasteiger partial charge on any atom is -0.454 e. The second-order valence-electron chi connectivity index (χ2n) is 9.15. The highest BCUT2D eigenvalue weighted by Gasteiger charge is 2.55. The van der Waals surface area contributed by atoms with Crippen LogP contribution in [0.25, 0.3) is 0 Å². The average Bonchev–Trinajstić information content (AvgIpc) is 3.12. The molecule has 6 nitrogen and oxygen atoms in total. The van der Waals surface area contributed by atoms with E-state index >= 15 is 0 Å². The van der Waals surface area contributed by atoms with Gasteiger partial charge in [0, 0.05) is 6.54 Å². The predicted molar refractivity (Wildman–Crippen MR) is 101 cm³/mol. The molecule has 4 saturated carbocycles. The summed E-state index contributed by atoms with van der Waals surface area (Å²) in [7, 11) is 0. The Bertz CT molecular complexity index is 769. The molecule has 0 radical (unpaired) electrons. The summed E-state index contributed by atoms with van der Waals surface area (Å²) >= 11 is 0. The number of hydrogen-bond acceptors (Lipinski definition) is 5. The number of esters is 1. The first-order chi connectivity index (χ1) is 13.5. The topological polar surface area (TPSA) is 73.9 Å². The molecule has 1 amide bonds. The smallest absolute Gasteiger partial charge is 0.312 e. The summed E-state index contributed by atoms with van der Waals surface area (Å²) in [5.41, 5.74) is 0.581. The van der Waals surface area contributed by atoms with E-state index in [0.717, 1.165) is 24.8 Å². The molecule has 0 spiro atoms. The van der Waals surface area contributed by atoms with Gasteiger partial charge in [-0.2, -0.15) is 0 Å². The van der Waals surface area contributed by atoms with Crippen molar-refractivity contribution in [2.24, 2.45) is 23.2 Å². The zero-order valence-corrected chi connectivity index (χ0v) is 16.2. The van der Waals surface area contributed by atoms with E-state index in [4.69, 9.17) is 14.2 Å². The number of hydrogen-bond donors (Lipinski definition) is 1. The first kappa shape index (κ1) is 17.8. The van der Waals surface area contributed by atoms with Gasteiger partial charge in [-0.3, -0.25) is 9.59 Å². The fourth-order valence-electron chi connectivity index (χ4n) is 6.08. The van der Waals surface area contributed by atoms with Crippen molar-refractivity contribution >= 4 is 11.9 Å². The van der Waals surface area contributed by atoms with Crippen molar-refractivity contribution in [1.82, 2.24) is 5.32 Å².